The first-order valence-corrected chi connectivity index (χ1v) is 7.86. The highest BCUT2D eigenvalue weighted by Crippen LogP contribution is 2.29. The molecule has 0 aliphatic carbocycles. The Balaban J connectivity index is 1.85. The van der Waals surface area contributed by atoms with Crippen molar-refractivity contribution in [1.29, 1.82) is 0 Å². The number of carbonyl (C=O) groups excluding carboxylic acids is 2. The molecule has 21 heavy (non-hydrogen) atoms. The molecule has 0 saturated carbocycles. The summed E-state index contributed by atoms with van der Waals surface area (Å²) in [5.41, 5.74) is 0. The van der Waals surface area contributed by atoms with E-state index in [1.165, 1.54) is 6.92 Å². The predicted octanol–water partition coefficient (Wildman–Crippen LogP) is 2.15. The zero-order chi connectivity index (χ0) is 15.2. The van der Waals surface area contributed by atoms with Crippen LogP contribution in [0.15, 0.2) is 0 Å². The molecule has 1 amide bonds. The van der Waals surface area contributed by atoms with Gasteiger partial charge in [0.2, 0.25) is 0 Å². The number of nitrogens with one attached hydrogen (secondary N) is 1. The molecule has 0 bridgehead atoms. The average Bonchev–Trinajstić information content (AvgIpc) is 3.06. The van der Waals surface area contributed by atoms with Gasteiger partial charge in [-0.15, -0.1) is 0 Å². The van der Waals surface area contributed by atoms with Crippen LogP contribution in [0.2, 0.25) is 0 Å². The van der Waals surface area contributed by atoms with Crippen molar-refractivity contribution in [2.75, 3.05) is 6.61 Å². The molecule has 1 N–H and O–H groups in total. The minimum atomic E-state index is -0.383. The first kappa shape index (κ1) is 16.1. The van der Waals surface area contributed by atoms with Crippen LogP contribution in [-0.2, 0) is 19.0 Å². The van der Waals surface area contributed by atoms with Gasteiger partial charge >= 0.3 is 12.1 Å². The molecule has 0 aromatic rings. The largest absolute Gasteiger partial charge is 0.460 e. The van der Waals surface area contributed by atoms with Crippen LogP contribution in [0, 0.1) is 0 Å². The Morgan fingerprint density at radius 3 is 2.86 bits per heavy atom. The second-order valence-electron chi connectivity index (χ2n) is 5.78. The molecule has 0 spiro atoms. The Morgan fingerprint density at radius 1 is 1.43 bits per heavy atom. The van der Waals surface area contributed by atoms with Crippen LogP contribution >= 0.6 is 0 Å². The predicted molar refractivity (Wildman–Crippen MR) is 75.9 cm³/mol. The molecule has 0 aromatic heterocycles. The summed E-state index contributed by atoms with van der Waals surface area (Å²) in [5.74, 6) is -0.263. The second kappa shape index (κ2) is 7.64. The third-order valence-electron chi connectivity index (χ3n) is 4.06. The average molecular weight is 299 g/mol. The van der Waals surface area contributed by atoms with Crippen LogP contribution in [-0.4, -0.2) is 43.0 Å². The van der Waals surface area contributed by atoms with Crippen molar-refractivity contribution >= 4 is 12.1 Å². The Kier molecular flexibility index (Phi) is 5.85. The molecule has 2 heterocycles. The molecule has 6 nitrogen and oxygen atoms in total. The Bertz CT molecular complexity index is 373. The fourth-order valence-electron chi connectivity index (χ4n) is 2.99. The van der Waals surface area contributed by atoms with Gasteiger partial charge in [0.05, 0.1) is 18.2 Å². The maximum atomic E-state index is 11.3. The molecule has 6 heteroatoms. The SMILES string of the molecule is CCCCC[C@H](OC(C)=O)[C@@H]1CC[C@H]([C@H]2COC(=O)N2)O1. The van der Waals surface area contributed by atoms with Crippen LogP contribution < -0.4 is 5.32 Å². The number of hydrogen-bond donors (Lipinski definition) is 1. The summed E-state index contributed by atoms with van der Waals surface area (Å²) < 4.78 is 16.3. The first-order valence-electron chi connectivity index (χ1n) is 7.86. The van der Waals surface area contributed by atoms with E-state index >= 15 is 0 Å². The summed E-state index contributed by atoms with van der Waals surface area (Å²) in [5, 5.41) is 2.75. The highest BCUT2D eigenvalue weighted by molar-refractivity contribution is 5.69. The minimum Gasteiger partial charge on any atom is -0.460 e. The highest BCUT2D eigenvalue weighted by Gasteiger charge is 2.40. The second-order valence-corrected chi connectivity index (χ2v) is 5.78. The van der Waals surface area contributed by atoms with Gasteiger partial charge in [-0.25, -0.2) is 4.79 Å². The van der Waals surface area contributed by atoms with Gasteiger partial charge in [-0.1, -0.05) is 19.8 Å². The molecular formula is C15H25NO5. The van der Waals surface area contributed by atoms with Crippen molar-refractivity contribution in [3.63, 3.8) is 0 Å². The molecule has 2 rings (SSSR count). The molecule has 2 fully saturated rings. The van der Waals surface area contributed by atoms with E-state index in [0.717, 1.165) is 38.5 Å². The molecule has 0 unspecified atom stereocenters. The number of esters is 1. The number of alkyl carbamates (subject to hydrolysis) is 1. The van der Waals surface area contributed by atoms with Crippen molar-refractivity contribution in [2.45, 2.75) is 76.7 Å². The molecule has 2 saturated heterocycles. The summed E-state index contributed by atoms with van der Waals surface area (Å²) in [6, 6.07) is -0.0869. The minimum absolute atomic E-state index is 0.0503. The monoisotopic (exact) mass is 299 g/mol. The number of cyclic esters (lactones) is 1. The van der Waals surface area contributed by atoms with Gasteiger partial charge in [-0.05, 0) is 25.7 Å². The quantitative estimate of drug-likeness (QED) is 0.576. The Morgan fingerprint density at radius 2 is 2.24 bits per heavy atom. The van der Waals surface area contributed by atoms with E-state index < -0.39 is 0 Å². The fraction of sp³-hybridized carbons (Fsp3) is 0.867. The summed E-state index contributed by atoms with van der Waals surface area (Å²) in [4.78, 5) is 22.4. The zero-order valence-electron chi connectivity index (χ0n) is 12.8. The van der Waals surface area contributed by atoms with Gasteiger partial charge in [0.15, 0.2) is 0 Å². The smallest absolute Gasteiger partial charge is 0.407 e. The van der Waals surface area contributed by atoms with Crippen molar-refractivity contribution < 1.29 is 23.8 Å². The van der Waals surface area contributed by atoms with E-state index in [4.69, 9.17) is 14.2 Å². The molecule has 120 valence electrons. The lowest BCUT2D eigenvalue weighted by molar-refractivity contribution is -0.155. The lowest BCUT2D eigenvalue weighted by Gasteiger charge is -2.24. The lowest BCUT2D eigenvalue weighted by atomic mass is 10.0. The number of rotatable bonds is 7. The normalized spacial score (nSPS) is 29.8. The van der Waals surface area contributed by atoms with Crippen molar-refractivity contribution in [1.82, 2.24) is 5.32 Å². The van der Waals surface area contributed by atoms with Crippen LogP contribution in [0.5, 0.6) is 0 Å². The Labute approximate surface area is 125 Å². The molecule has 0 aromatic carbocycles. The van der Waals surface area contributed by atoms with Gasteiger partial charge in [0, 0.05) is 6.92 Å². The fourth-order valence-corrected chi connectivity index (χ4v) is 2.99. The van der Waals surface area contributed by atoms with E-state index in [1.807, 2.05) is 0 Å². The molecular weight excluding hydrogens is 274 g/mol. The van der Waals surface area contributed by atoms with Gasteiger partial charge in [-0.2, -0.15) is 0 Å². The van der Waals surface area contributed by atoms with Crippen molar-refractivity contribution in [2.24, 2.45) is 0 Å². The number of amides is 1. The third-order valence-corrected chi connectivity index (χ3v) is 4.06. The first-order chi connectivity index (χ1) is 10.1. The number of ether oxygens (including phenoxy) is 3. The zero-order valence-corrected chi connectivity index (χ0v) is 12.8. The topological polar surface area (TPSA) is 73.9 Å². The van der Waals surface area contributed by atoms with Gasteiger partial charge in [-0.3, -0.25) is 4.79 Å². The maximum Gasteiger partial charge on any atom is 0.407 e. The van der Waals surface area contributed by atoms with Crippen LogP contribution in [0.4, 0.5) is 4.79 Å². The van der Waals surface area contributed by atoms with Crippen LogP contribution in [0.3, 0.4) is 0 Å². The number of unbranched alkanes of at least 4 members (excludes halogenated alkanes) is 2. The maximum absolute atomic E-state index is 11.3. The number of carbonyl (C=O) groups is 2. The molecule has 0 radical (unpaired) electrons. The van der Waals surface area contributed by atoms with E-state index in [0.29, 0.717) is 6.61 Å². The number of hydrogen-bond acceptors (Lipinski definition) is 5. The van der Waals surface area contributed by atoms with Gasteiger partial charge in [0.25, 0.3) is 0 Å². The third kappa shape index (κ3) is 4.59. The summed E-state index contributed by atoms with van der Waals surface area (Å²) in [6.45, 7) is 3.93. The van der Waals surface area contributed by atoms with Crippen molar-refractivity contribution in [3.05, 3.63) is 0 Å². The highest BCUT2D eigenvalue weighted by atomic mass is 16.6. The van der Waals surface area contributed by atoms with Crippen molar-refractivity contribution in [3.8, 4) is 0 Å². The Hall–Kier alpha value is -1.30. The molecule has 2 aliphatic heterocycles. The van der Waals surface area contributed by atoms with E-state index in [2.05, 4.69) is 12.2 Å². The molecule has 2 aliphatic rings. The standard InChI is InChI=1S/C15H25NO5/c1-3-4-5-6-13(20-10(2)17)14-8-7-12(21-14)11-9-19-15(18)16-11/h11-14H,3-9H2,1-2H3,(H,16,18)/t11-,12-,13+,14+/m1/s1. The van der Waals surface area contributed by atoms with Gasteiger partial charge in [0.1, 0.15) is 12.7 Å². The van der Waals surface area contributed by atoms with E-state index in [1.54, 1.807) is 0 Å². The summed E-state index contributed by atoms with van der Waals surface area (Å²) in [6.07, 6.45) is 5.13. The lowest BCUT2D eigenvalue weighted by Crippen LogP contribution is -2.39. The molecule has 4 atom stereocenters. The summed E-state index contributed by atoms with van der Waals surface area (Å²) in [7, 11) is 0. The van der Waals surface area contributed by atoms with Crippen LogP contribution in [0.25, 0.3) is 0 Å². The van der Waals surface area contributed by atoms with E-state index in [-0.39, 0.29) is 36.4 Å². The summed E-state index contributed by atoms with van der Waals surface area (Å²) >= 11 is 0. The van der Waals surface area contributed by atoms with Crippen LogP contribution in [0.1, 0.15) is 52.4 Å². The van der Waals surface area contributed by atoms with Gasteiger partial charge < -0.3 is 19.5 Å². The van der Waals surface area contributed by atoms with E-state index in [9.17, 15) is 9.59 Å².